The van der Waals surface area contributed by atoms with Gasteiger partial charge in [-0.2, -0.15) is 0 Å². The molecule has 0 aromatic heterocycles. The SMILES string of the molecule is CCNC(=NCCCOC1CCOC1)NCCC(=O)NC1CCCCC1. The average Bonchev–Trinajstić information content (AvgIpc) is 3.15. The summed E-state index contributed by atoms with van der Waals surface area (Å²) in [7, 11) is 0. The van der Waals surface area contributed by atoms with E-state index in [9.17, 15) is 4.79 Å². The number of amides is 1. The van der Waals surface area contributed by atoms with Gasteiger partial charge in [-0.3, -0.25) is 9.79 Å². The molecule has 1 saturated carbocycles. The Hall–Kier alpha value is -1.34. The van der Waals surface area contributed by atoms with Gasteiger partial charge in [0.15, 0.2) is 5.96 Å². The Bertz CT molecular complexity index is 419. The van der Waals surface area contributed by atoms with Gasteiger partial charge in [0, 0.05) is 45.3 Å². The van der Waals surface area contributed by atoms with Crippen molar-refractivity contribution in [2.45, 2.75) is 70.4 Å². The van der Waals surface area contributed by atoms with Crippen LogP contribution in [0.1, 0.15) is 58.3 Å². The molecule has 1 aliphatic heterocycles. The maximum Gasteiger partial charge on any atom is 0.221 e. The monoisotopic (exact) mass is 368 g/mol. The van der Waals surface area contributed by atoms with Gasteiger partial charge >= 0.3 is 0 Å². The van der Waals surface area contributed by atoms with Crippen LogP contribution >= 0.6 is 0 Å². The molecule has 7 heteroatoms. The van der Waals surface area contributed by atoms with Crippen LogP contribution in [0.5, 0.6) is 0 Å². The molecule has 2 fully saturated rings. The van der Waals surface area contributed by atoms with E-state index in [0.717, 1.165) is 51.4 Å². The van der Waals surface area contributed by atoms with Crippen LogP contribution in [0, 0.1) is 0 Å². The molecule has 0 aromatic rings. The molecule has 1 unspecified atom stereocenters. The zero-order chi connectivity index (χ0) is 18.5. The van der Waals surface area contributed by atoms with Crippen LogP contribution in [0.4, 0.5) is 0 Å². The molecule has 0 bridgehead atoms. The summed E-state index contributed by atoms with van der Waals surface area (Å²) in [5.74, 6) is 0.898. The third kappa shape index (κ3) is 8.85. The number of carbonyl (C=O) groups excluding carboxylic acids is 1. The topological polar surface area (TPSA) is 84.0 Å². The Balaban J connectivity index is 1.55. The van der Waals surface area contributed by atoms with Crippen LogP contribution in [0.25, 0.3) is 0 Å². The van der Waals surface area contributed by atoms with Crippen molar-refractivity contribution in [1.82, 2.24) is 16.0 Å². The Kier molecular flexibility index (Phi) is 10.4. The minimum absolute atomic E-state index is 0.132. The summed E-state index contributed by atoms with van der Waals surface area (Å²) in [5, 5.41) is 9.60. The fourth-order valence-electron chi connectivity index (χ4n) is 3.33. The van der Waals surface area contributed by atoms with Crippen LogP contribution in [-0.2, 0) is 14.3 Å². The summed E-state index contributed by atoms with van der Waals surface area (Å²) in [6.45, 7) is 6.38. The van der Waals surface area contributed by atoms with Gasteiger partial charge in [-0.15, -0.1) is 0 Å². The summed E-state index contributed by atoms with van der Waals surface area (Å²) in [6, 6.07) is 0.378. The Labute approximate surface area is 157 Å². The number of rotatable bonds is 10. The second kappa shape index (κ2) is 12.9. The van der Waals surface area contributed by atoms with Crippen molar-refractivity contribution in [1.29, 1.82) is 0 Å². The van der Waals surface area contributed by atoms with Gasteiger partial charge in [0.05, 0.1) is 12.7 Å². The molecule has 1 amide bonds. The Morgan fingerprint density at radius 3 is 2.77 bits per heavy atom. The van der Waals surface area contributed by atoms with Gasteiger partial charge in [0.25, 0.3) is 0 Å². The molecule has 0 radical (unpaired) electrons. The first-order valence-corrected chi connectivity index (χ1v) is 10.3. The van der Waals surface area contributed by atoms with E-state index in [1.807, 2.05) is 6.92 Å². The predicted octanol–water partition coefficient (Wildman–Crippen LogP) is 1.58. The van der Waals surface area contributed by atoms with Crippen molar-refractivity contribution in [3.05, 3.63) is 0 Å². The first kappa shape index (κ1) is 21.0. The molecular weight excluding hydrogens is 332 g/mol. The van der Waals surface area contributed by atoms with Crippen LogP contribution in [0.2, 0.25) is 0 Å². The molecule has 150 valence electrons. The number of aliphatic imine (C=N–C) groups is 1. The van der Waals surface area contributed by atoms with Gasteiger partial charge in [-0.1, -0.05) is 19.3 Å². The van der Waals surface area contributed by atoms with Crippen LogP contribution in [0.3, 0.4) is 0 Å². The first-order chi connectivity index (χ1) is 12.8. The van der Waals surface area contributed by atoms with Crippen LogP contribution < -0.4 is 16.0 Å². The van der Waals surface area contributed by atoms with Crippen LogP contribution in [-0.4, -0.2) is 63.5 Å². The van der Waals surface area contributed by atoms with Crippen molar-refractivity contribution < 1.29 is 14.3 Å². The van der Waals surface area contributed by atoms with E-state index in [0.29, 0.717) is 32.2 Å². The highest BCUT2D eigenvalue weighted by Crippen LogP contribution is 2.17. The standard InChI is InChI=1S/C19H36N4O3/c1-2-20-19(21-11-6-13-26-17-10-14-25-15-17)22-12-9-18(24)23-16-7-4-3-5-8-16/h16-17H,2-15H2,1H3,(H,23,24)(H2,20,21,22). The lowest BCUT2D eigenvalue weighted by Gasteiger charge is -2.22. The first-order valence-electron chi connectivity index (χ1n) is 10.3. The largest absolute Gasteiger partial charge is 0.379 e. The summed E-state index contributed by atoms with van der Waals surface area (Å²) in [6.07, 6.45) is 8.63. The van der Waals surface area contributed by atoms with E-state index < -0.39 is 0 Å². The van der Waals surface area contributed by atoms with E-state index in [1.54, 1.807) is 0 Å². The lowest BCUT2D eigenvalue weighted by atomic mass is 9.95. The maximum atomic E-state index is 12.0. The number of carbonyl (C=O) groups is 1. The fraction of sp³-hybridized carbons (Fsp3) is 0.895. The van der Waals surface area contributed by atoms with E-state index in [-0.39, 0.29) is 12.0 Å². The lowest BCUT2D eigenvalue weighted by Crippen LogP contribution is -2.41. The summed E-state index contributed by atoms with van der Waals surface area (Å²) >= 11 is 0. The minimum atomic E-state index is 0.132. The van der Waals surface area contributed by atoms with E-state index in [4.69, 9.17) is 9.47 Å². The van der Waals surface area contributed by atoms with Gasteiger partial charge in [-0.05, 0) is 32.6 Å². The second-order valence-corrected chi connectivity index (χ2v) is 7.05. The summed E-state index contributed by atoms with van der Waals surface area (Å²) < 4.78 is 11.0. The summed E-state index contributed by atoms with van der Waals surface area (Å²) in [4.78, 5) is 16.6. The lowest BCUT2D eigenvalue weighted by molar-refractivity contribution is -0.121. The van der Waals surface area contributed by atoms with Gasteiger partial charge < -0.3 is 25.4 Å². The number of hydrogen-bond donors (Lipinski definition) is 3. The van der Waals surface area contributed by atoms with Crippen molar-refractivity contribution >= 4 is 11.9 Å². The molecule has 1 atom stereocenters. The molecule has 3 N–H and O–H groups in total. The van der Waals surface area contributed by atoms with E-state index in [2.05, 4.69) is 20.9 Å². The third-order valence-corrected chi connectivity index (χ3v) is 4.77. The number of guanidine groups is 1. The highest BCUT2D eigenvalue weighted by atomic mass is 16.5. The van der Waals surface area contributed by atoms with Gasteiger partial charge in [0.2, 0.25) is 5.91 Å². The highest BCUT2D eigenvalue weighted by Gasteiger charge is 2.16. The van der Waals surface area contributed by atoms with Gasteiger partial charge in [0.1, 0.15) is 0 Å². The van der Waals surface area contributed by atoms with Crippen molar-refractivity contribution in [3.8, 4) is 0 Å². The molecule has 2 rings (SSSR count). The average molecular weight is 369 g/mol. The van der Waals surface area contributed by atoms with E-state index in [1.165, 1.54) is 19.3 Å². The zero-order valence-corrected chi connectivity index (χ0v) is 16.2. The Morgan fingerprint density at radius 2 is 2.04 bits per heavy atom. The molecule has 0 spiro atoms. The van der Waals surface area contributed by atoms with Crippen molar-refractivity contribution in [3.63, 3.8) is 0 Å². The smallest absolute Gasteiger partial charge is 0.221 e. The molecule has 1 aliphatic carbocycles. The van der Waals surface area contributed by atoms with E-state index >= 15 is 0 Å². The number of nitrogens with zero attached hydrogens (tertiary/aromatic N) is 1. The number of ether oxygens (including phenoxy) is 2. The molecule has 1 heterocycles. The quantitative estimate of drug-likeness (QED) is 0.310. The molecule has 7 nitrogen and oxygen atoms in total. The molecular formula is C19H36N4O3. The Morgan fingerprint density at radius 1 is 1.19 bits per heavy atom. The zero-order valence-electron chi connectivity index (χ0n) is 16.2. The molecule has 2 aliphatic rings. The minimum Gasteiger partial charge on any atom is -0.379 e. The number of hydrogen-bond acceptors (Lipinski definition) is 4. The fourth-order valence-corrected chi connectivity index (χ4v) is 3.33. The summed E-state index contributed by atoms with van der Waals surface area (Å²) in [5.41, 5.74) is 0. The predicted molar refractivity (Wildman–Crippen MR) is 103 cm³/mol. The maximum absolute atomic E-state index is 12.0. The van der Waals surface area contributed by atoms with Gasteiger partial charge in [-0.25, -0.2) is 0 Å². The van der Waals surface area contributed by atoms with Crippen molar-refractivity contribution in [2.75, 3.05) is 39.5 Å². The number of nitrogens with one attached hydrogen (secondary N) is 3. The molecule has 0 aromatic carbocycles. The molecule has 26 heavy (non-hydrogen) atoms. The molecule has 1 saturated heterocycles. The second-order valence-electron chi connectivity index (χ2n) is 7.05. The van der Waals surface area contributed by atoms with Crippen molar-refractivity contribution in [2.24, 2.45) is 4.99 Å². The highest BCUT2D eigenvalue weighted by molar-refractivity contribution is 5.81. The normalized spacial score (nSPS) is 21.6. The third-order valence-electron chi connectivity index (χ3n) is 4.77. The van der Waals surface area contributed by atoms with Crippen LogP contribution in [0.15, 0.2) is 4.99 Å².